The van der Waals surface area contributed by atoms with Crippen LogP contribution in [0.3, 0.4) is 0 Å². The summed E-state index contributed by atoms with van der Waals surface area (Å²) in [7, 11) is 0.420. The van der Waals surface area contributed by atoms with Crippen LogP contribution in [0.2, 0.25) is 0 Å². The van der Waals surface area contributed by atoms with E-state index in [0.717, 1.165) is 68.9 Å². The number of nitrogens with one attached hydrogen (secondary N) is 3. The number of H-pyrrole nitrogens is 1. The monoisotopic (exact) mass is 632 g/mol. The van der Waals surface area contributed by atoms with Gasteiger partial charge < -0.3 is 30.2 Å². The maximum Gasteiger partial charge on any atom is 0.232 e. The average Bonchev–Trinajstić information content (AvgIpc) is 3.70. The molecule has 2 fully saturated rings. The molecular weight excluding hydrogens is 592 g/mol. The highest BCUT2D eigenvalue weighted by atomic mass is 32.2. The summed E-state index contributed by atoms with van der Waals surface area (Å²) >= 11 is 0. The third-order valence-corrected chi connectivity index (χ3v) is 10.3. The lowest BCUT2D eigenvalue weighted by atomic mass is 10.0. The number of rotatable bonds is 8. The fourth-order valence-electron chi connectivity index (χ4n) is 6.70. The number of piperazine rings is 1. The van der Waals surface area contributed by atoms with Crippen LogP contribution in [-0.2, 0) is 16.4 Å². The first-order valence-electron chi connectivity index (χ1n) is 15.5. The SMILES string of the molecule is COc1cc(N2CCC(N3CCN(C)CC3)CC2)ncc1Nc1nc(Nc2cccc3c2N(S(C)(=O)=O)CC3)c2cc[nH]c2n1. The van der Waals surface area contributed by atoms with Gasteiger partial charge in [0.05, 0.1) is 36.3 Å². The number of aromatic nitrogens is 4. The fourth-order valence-corrected chi connectivity index (χ4v) is 7.67. The van der Waals surface area contributed by atoms with Crippen molar-refractivity contribution < 1.29 is 13.2 Å². The van der Waals surface area contributed by atoms with E-state index in [0.29, 0.717) is 59.2 Å². The predicted octanol–water partition coefficient (Wildman–Crippen LogP) is 3.39. The number of methoxy groups -OCH3 is 1. The standard InChI is InChI=1S/C31H40N10O3S/c1-38-15-17-39(18-16-38)22-9-12-40(13-10-22)27-19-26(44-2)25(20-33-27)35-31-36-29-23(7-11-32-29)30(37-31)34-24-6-4-5-21-8-14-41(28(21)24)45(3,42)43/h4-7,11,19-20,22H,8-10,12-18H2,1-3H3,(H3,32,34,35,36,37). The van der Waals surface area contributed by atoms with Gasteiger partial charge in [-0.15, -0.1) is 0 Å². The lowest BCUT2D eigenvalue weighted by Gasteiger charge is -2.42. The summed E-state index contributed by atoms with van der Waals surface area (Å²) in [5.41, 5.74) is 3.58. The summed E-state index contributed by atoms with van der Waals surface area (Å²) in [5, 5.41) is 7.47. The van der Waals surface area contributed by atoms with Crippen LogP contribution >= 0.6 is 0 Å². The molecule has 6 heterocycles. The summed E-state index contributed by atoms with van der Waals surface area (Å²) in [6, 6.07) is 10.3. The minimum atomic E-state index is -3.43. The van der Waals surface area contributed by atoms with Crippen LogP contribution in [-0.4, -0.2) is 110 Å². The Morgan fingerprint density at radius 1 is 0.978 bits per heavy atom. The number of para-hydroxylation sites is 1. The highest BCUT2D eigenvalue weighted by Gasteiger charge is 2.30. The number of pyridine rings is 1. The van der Waals surface area contributed by atoms with E-state index in [9.17, 15) is 8.42 Å². The Balaban J connectivity index is 1.10. The normalized spacial score (nSPS) is 18.4. The van der Waals surface area contributed by atoms with Gasteiger partial charge in [-0.25, -0.2) is 13.4 Å². The van der Waals surface area contributed by atoms with Gasteiger partial charge in [-0.3, -0.25) is 9.21 Å². The van der Waals surface area contributed by atoms with E-state index >= 15 is 0 Å². The Bertz CT molecular complexity index is 1800. The first-order valence-corrected chi connectivity index (χ1v) is 17.3. The van der Waals surface area contributed by atoms with Crippen molar-refractivity contribution in [1.29, 1.82) is 0 Å². The number of piperidine rings is 1. The van der Waals surface area contributed by atoms with Crippen LogP contribution < -0.4 is 24.6 Å². The van der Waals surface area contributed by atoms with Gasteiger partial charge in [-0.2, -0.15) is 9.97 Å². The van der Waals surface area contributed by atoms with Crippen molar-refractivity contribution >= 4 is 55.7 Å². The number of benzene rings is 1. The highest BCUT2D eigenvalue weighted by molar-refractivity contribution is 7.92. The topological polar surface area (TPSA) is 135 Å². The Morgan fingerprint density at radius 2 is 1.78 bits per heavy atom. The molecule has 3 aliphatic rings. The van der Waals surface area contributed by atoms with Crippen molar-refractivity contribution in [3.8, 4) is 5.75 Å². The number of ether oxygens (including phenoxy) is 1. The van der Waals surface area contributed by atoms with Crippen LogP contribution in [0.1, 0.15) is 18.4 Å². The molecule has 238 valence electrons. The quantitative estimate of drug-likeness (QED) is 0.264. The molecule has 45 heavy (non-hydrogen) atoms. The molecule has 1 aromatic carbocycles. The molecule has 0 unspecified atom stereocenters. The molecule has 0 amide bonds. The number of hydrogen-bond acceptors (Lipinski definition) is 11. The highest BCUT2D eigenvalue weighted by Crippen LogP contribution is 2.39. The number of aromatic amines is 1. The number of sulfonamides is 1. The minimum absolute atomic E-state index is 0.348. The molecule has 0 spiro atoms. The van der Waals surface area contributed by atoms with E-state index in [2.05, 4.69) is 42.3 Å². The van der Waals surface area contributed by atoms with Crippen molar-refractivity contribution in [2.24, 2.45) is 0 Å². The number of hydrogen-bond donors (Lipinski definition) is 3. The maximum atomic E-state index is 12.5. The maximum absolute atomic E-state index is 12.5. The zero-order chi connectivity index (χ0) is 31.1. The Kier molecular flexibility index (Phi) is 7.88. The van der Waals surface area contributed by atoms with Crippen molar-refractivity contribution in [3.05, 3.63) is 48.3 Å². The zero-order valence-corrected chi connectivity index (χ0v) is 26.8. The van der Waals surface area contributed by atoms with E-state index in [1.165, 1.54) is 10.6 Å². The lowest BCUT2D eigenvalue weighted by Crippen LogP contribution is -2.52. The van der Waals surface area contributed by atoms with E-state index in [4.69, 9.17) is 14.7 Å². The Morgan fingerprint density at radius 3 is 2.53 bits per heavy atom. The number of likely N-dealkylation sites (N-methyl/N-ethyl adjacent to an activating group) is 1. The van der Waals surface area contributed by atoms with Gasteiger partial charge >= 0.3 is 0 Å². The molecule has 0 radical (unpaired) electrons. The second-order valence-electron chi connectivity index (χ2n) is 12.1. The lowest BCUT2D eigenvalue weighted by molar-refractivity contribution is 0.0981. The molecule has 2 saturated heterocycles. The third-order valence-electron chi connectivity index (χ3n) is 9.18. The van der Waals surface area contributed by atoms with Crippen LogP contribution in [0, 0.1) is 0 Å². The van der Waals surface area contributed by atoms with Crippen LogP contribution in [0.25, 0.3) is 11.0 Å². The molecule has 4 aromatic rings. The van der Waals surface area contributed by atoms with Crippen LogP contribution in [0.15, 0.2) is 42.7 Å². The summed E-state index contributed by atoms with van der Waals surface area (Å²) in [6.45, 7) is 6.91. The smallest absolute Gasteiger partial charge is 0.232 e. The van der Waals surface area contributed by atoms with Gasteiger partial charge in [0.25, 0.3) is 0 Å². The van der Waals surface area contributed by atoms with Gasteiger partial charge in [0, 0.05) is 64.1 Å². The first-order chi connectivity index (χ1) is 21.8. The second kappa shape index (κ2) is 12.0. The van der Waals surface area contributed by atoms with E-state index in [1.807, 2.05) is 30.3 Å². The van der Waals surface area contributed by atoms with Crippen LogP contribution in [0.5, 0.6) is 5.75 Å². The minimum Gasteiger partial charge on any atom is -0.494 e. The van der Waals surface area contributed by atoms with E-state index < -0.39 is 10.0 Å². The molecule has 0 aliphatic carbocycles. The van der Waals surface area contributed by atoms with E-state index in [-0.39, 0.29) is 0 Å². The van der Waals surface area contributed by atoms with Crippen molar-refractivity contribution in [1.82, 2.24) is 29.7 Å². The molecule has 3 aromatic heterocycles. The van der Waals surface area contributed by atoms with Gasteiger partial charge in [0.15, 0.2) is 0 Å². The molecule has 0 atom stereocenters. The summed E-state index contributed by atoms with van der Waals surface area (Å²) in [5.74, 6) is 2.44. The molecule has 3 aliphatic heterocycles. The van der Waals surface area contributed by atoms with Crippen molar-refractivity contribution in [2.75, 3.05) is 86.1 Å². The Hall–Kier alpha value is -4.14. The third kappa shape index (κ3) is 5.97. The summed E-state index contributed by atoms with van der Waals surface area (Å²) < 4.78 is 32.3. The van der Waals surface area contributed by atoms with E-state index in [1.54, 1.807) is 19.5 Å². The second-order valence-corrected chi connectivity index (χ2v) is 14.0. The molecule has 13 nitrogen and oxygen atoms in total. The molecule has 14 heteroatoms. The van der Waals surface area contributed by atoms with Crippen LogP contribution in [0.4, 0.5) is 34.6 Å². The summed E-state index contributed by atoms with van der Waals surface area (Å²) in [6.07, 6.45) is 7.71. The van der Waals surface area contributed by atoms with Gasteiger partial charge in [0.2, 0.25) is 16.0 Å². The van der Waals surface area contributed by atoms with Gasteiger partial charge in [-0.05, 0) is 44.0 Å². The fraction of sp³-hybridized carbons (Fsp3) is 0.452. The molecule has 3 N–H and O–H groups in total. The zero-order valence-electron chi connectivity index (χ0n) is 26.0. The molecular formula is C31H40N10O3S. The Labute approximate surface area is 263 Å². The number of fused-ring (bicyclic) bond motifs is 2. The van der Waals surface area contributed by atoms with Crippen molar-refractivity contribution in [2.45, 2.75) is 25.3 Å². The molecule has 0 bridgehead atoms. The molecule has 7 rings (SSSR count). The first kappa shape index (κ1) is 29.6. The number of nitrogens with zero attached hydrogens (tertiary/aromatic N) is 7. The average molecular weight is 633 g/mol. The molecule has 0 saturated carbocycles. The van der Waals surface area contributed by atoms with Gasteiger partial charge in [0.1, 0.15) is 28.7 Å². The largest absolute Gasteiger partial charge is 0.494 e. The predicted molar refractivity (Wildman–Crippen MR) is 178 cm³/mol. The number of anilines is 6. The summed E-state index contributed by atoms with van der Waals surface area (Å²) in [4.78, 5) is 24.8. The van der Waals surface area contributed by atoms with Crippen molar-refractivity contribution in [3.63, 3.8) is 0 Å². The van der Waals surface area contributed by atoms with Gasteiger partial charge in [-0.1, -0.05) is 12.1 Å².